The second kappa shape index (κ2) is 37.8. The van der Waals surface area contributed by atoms with E-state index in [1.807, 2.05) is 77.2 Å². The van der Waals surface area contributed by atoms with Gasteiger partial charge >= 0.3 is 0 Å². The van der Waals surface area contributed by atoms with Crippen LogP contribution in [0.15, 0.2) is 326 Å². The standard InChI is InChI=1S/C33H35N3O.C27H23N3O.C24H25N3O.C23H21N3O.C21H20N4O/c1-19(2)24-11-10-12-25(20(3)4)31(24)36-23(7)35(28-13-8-9-14-29(28)36)30-21(5)15-17-26-27-18-16-22(6)34-33(27)37-32(26)30;1-17-13-15-21-22-16-14-18(2)28-27(22)31-26(21)25(17)30-19(3)29(20-9-5-4-6-10-20)23-11-7-8-12-24(23)30;1-14(2)26-17(5)27(21-9-7-6-8-20(21)26)22-15(3)10-12-18-19-13-11-16(4)25-24(19)28-23(18)22;1-15-9-11-19-20-12-10-16(2)24-23(20)27-22(19)21(15)26-14-13-25(17(26)3)18-7-5-4-6-8-18;1-12-7-9-15-16-10-8-13(2)23-21(16)26-19(15)18(12)25-14(3)24(4)17-6-5-11-22-20(17)25/h8-20,23H,1-7H3;4-16,19H,1-3H3;6-14,17H,1-5H3;4-14,17H,1-3H3;5-11,14H,1-4H3. The van der Waals surface area contributed by atoms with E-state index in [9.17, 15) is 0 Å². The zero-order valence-corrected chi connectivity index (χ0v) is 88.7. The zero-order chi connectivity index (χ0) is 103. The Kier molecular flexibility index (Phi) is 24.3. The number of aromatic nitrogens is 6. The Morgan fingerprint density at radius 3 is 0.913 bits per heavy atom. The van der Waals surface area contributed by atoms with Gasteiger partial charge in [-0.15, -0.1) is 0 Å². The summed E-state index contributed by atoms with van der Waals surface area (Å²) in [4.78, 5) is 51.5. The SMILES string of the molecule is Cc1ccc2c(n1)oc1c(N3C=CN(c4ccccc4)C3C)c(C)ccc12.Cc1ccc2c(n1)oc1c(N3c4ccccc4N(C(C)C)C3C)c(C)ccc12.Cc1ccc2c(n1)oc1c(N3c4ccccc4N(c4c(C(C)C)cccc4C(C)C)C3C)c(C)ccc12.Cc1ccc2c(n1)oc1c(N3c4ccccc4N(c4ccccc4)C3C)c(C)ccc12.Cc1ccc2c(n1)oc1c(N3c4ncccc4N(C)C3C)c(C)ccc12. The first-order chi connectivity index (χ1) is 72.1. The van der Waals surface area contributed by atoms with Crippen molar-refractivity contribution in [3.8, 4) is 0 Å². The van der Waals surface area contributed by atoms with Crippen LogP contribution in [0.4, 0.5) is 91.1 Å². The van der Waals surface area contributed by atoms with Gasteiger partial charge in [-0.1, -0.05) is 179 Å². The van der Waals surface area contributed by atoms with Crippen LogP contribution in [0, 0.1) is 69.2 Å². The van der Waals surface area contributed by atoms with Crippen LogP contribution in [0.5, 0.6) is 0 Å². The molecule has 0 radical (unpaired) electrons. The van der Waals surface area contributed by atoms with Crippen LogP contribution in [-0.2, 0) is 0 Å². The molecule has 149 heavy (non-hydrogen) atoms. The van der Waals surface area contributed by atoms with Crippen LogP contribution in [0.2, 0.25) is 0 Å². The number of hydrogen-bond acceptors (Lipinski definition) is 21. The molecule has 5 atom stereocenters. The zero-order valence-electron chi connectivity index (χ0n) is 88.7. The predicted molar refractivity (Wildman–Crippen MR) is 616 cm³/mol. The molecule has 21 nitrogen and oxygen atoms in total. The number of pyridine rings is 6. The molecule has 22 aromatic rings. The van der Waals surface area contributed by atoms with Crippen molar-refractivity contribution in [3.63, 3.8) is 0 Å². The summed E-state index contributed by atoms with van der Waals surface area (Å²) in [5.74, 6) is 1.79. The van der Waals surface area contributed by atoms with Gasteiger partial charge in [0.25, 0.3) is 0 Å². The van der Waals surface area contributed by atoms with E-state index in [2.05, 4.69) is 453 Å². The van der Waals surface area contributed by atoms with Crippen LogP contribution in [0.25, 0.3) is 110 Å². The Morgan fingerprint density at radius 2 is 0.537 bits per heavy atom. The van der Waals surface area contributed by atoms with Crippen molar-refractivity contribution in [2.75, 3.05) is 56.0 Å². The minimum Gasteiger partial charge on any atom is -0.435 e. The Hall–Kier alpha value is -16.9. The molecule has 0 aliphatic carbocycles. The van der Waals surface area contributed by atoms with Gasteiger partial charge in [-0.25, -0.2) is 29.9 Å². The van der Waals surface area contributed by atoms with Crippen molar-refractivity contribution in [2.45, 2.75) is 194 Å². The second-order valence-electron chi connectivity index (χ2n) is 41.3. The van der Waals surface area contributed by atoms with Gasteiger partial charge in [-0.05, 0) is 302 Å². The molecule has 0 spiro atoms. The molecule has 16 heterocycles. The van der Waals surface area contributed by atoms with Gasteiger partial charge in [0.05, 0.1) is 73.9 Å². The number of para-hydroxylation sites is 9. The number of aryl methyl sites for hydroxylation is 10. The van der Waals surface area contributed by atoms with Crippen molar-refractivity contribution in [3.05, 3.63) is 371 Å². The smallest absolute Gasteiger partial charge is 0.227 e. The molecule has 0 saturated heterocycles. The normalized spacial score (nSPS) is 16.2. The van der Waals surface area contributed by atoms with Crippen LogP contribution < -0.4 is 49.0 Å². The summed E-state index contributed by atoms with van der Waals surface area (Å²) in [6.45, 7) is 45.6. The van der Waals surface area contributed by atoms with Gasteiger partial charge in [-0.2, -0.15) is 0 Å². The summed E-state index contributed by atoms with van der Waals surface area (Å²) in [5.41, 5.74) is 39.1. The van der Waals surface area contributed by atoms with E-state index in [0.717, 1.165) is 156 Å². The van der Waals surface area contributed by atoms with Gasteiger partial charge in [0.1, 0.15) is 30.8 Å². The third kappa shape index (κ3) is 16.1. The number of rotatable bonds is 11. The highest BCUT2D eigenvalue weighted by Crippen LogP contribution is 2.58. The maximum Gasteiger partial charge on any atom is 0.227 e. The summed E-state index contributed by atoms with van der Waals surface area (Å²) >= 11 is 0. The van der Waals surface area contributed by atoms with Gasteiger partial charge in [0.15, 0.2) is 33.7 Å². The number of anilines is 16. The highest BCUT2D eigenvalue weighted by Gasteiger charge is 2.44. The molecule has 746 valence electrons. The highest BCUT2D eigenvalue weighted by atomic mass is 16.4. The van der Waals surface area contributed by atoms with Crippen LogP contribution in [0.3, 0.4) is 0 Å². The molecule has 0 fully saturated rings. The van der Waals surface area contributed by atoms with Gasteiger partial charge in [0, 0.05) is 125 Å². The summed E-state index contributed by atoms with van der Waals surface area (Å²) in [5, 5.41) is 10.8. The first-order valence-corrected chi connectivity index (χ1v) is 52.0. The average Bonchev–Trinajstić information content (AvgIpc) is 1.58. The molecular weight excluding hydrogens is 1840 g/mol. The lowest BCUT2D eigenvalue weighted by molar-refractivity contribution is 0.601. The van der Waals surface area contributed by atoms with Gasteiger partial charge in [0.2, 0.25) is 28.6 Å². The Bertz CT molecular complexity index is 9000. The molecule has 5 aliphatic rings. The number of benzene rings is 11. The number of fused-ring (bicyclic) bond motifs is 19. The van der Waals surface area contributed by atoms with E-state index < -0.39 is 0 Å². The number of hydrogen-bond donors (Lipinski definition) is 0. The summed E-state index contributed by atoms with van der Waals surface area (Å²) in [6.07, 6.45) is 6.75. The van der Waals surface area contributed by atoms with E-state index in [1.54, 1.807) is 0 Å². The fraction of sp³-hybridized carbons (Fsp3) is 0.234. The van der Waals surface area contributed by atoms with Crippen molar-refractivity contribution in [2.24, 2.45) is 0 Å². The van der Waals surface area contributed by atoms with E-state index in [4.69, 9.17) is 27.1 Å². The van der Waals surface area contributed by atoms with Crippen LogP contribution in [0.1, 0.15) is 155 Å². The summed E-state index contributed by atoms with van der Waals surface area (Å²) in [7, 11) is 2.10. The Labute approximate surface area is 869 Å². The van der Waals surface area contributed by atoms with E-state index >= 15 is 0 Å². The molecule has 11 aromatic carbocycles. The Morgan fingerprint density at radius 1 is 0.242 bits per heavy atom. The quantitative estimate of drug-likeness (QED) is 0.119. The van der Waals surface area contributed by atoms with E-state index in [-0.39, 0.29) is 30.8 Å². The predicted octanol–water partition coefficient (Wildman–Crippen LogP) is 33.7. The van der Waals surface area contributed by atoms with Gasteiger partial charge < -0.3 is 71.1 Å². The minimum absolute atomic E-state index is 0.0574. The third-order valence-electron chi connectivity index (χ3n) is 30.6. The minimum atomic E-state index is 0.0574. The molecular formula is C128H124N16O5. The molecule has 27 rings (SSSR count). The summed E-state index contributed by atoms with van der Waals surface area (Å²) in [6, 6.07) is 101. The first kappa shape index (κ1) is 95.6. The lowest BCUT2D eigenvalue weighted by Gasteiger charge is -2.34. The van der Waals surface area contributed by atoms with Crippen LogP contribution in [-0.4, -0.2) is 73.8 Å². The molecule has 0 bridgehead atoms. The monoisotopic (exact) mass is 1960 g/mol. The fourth-order valence-corrected chi connectivity index (χ4v) is 23.3. The molecule has 5 unspecified atom stereocenters. The third-order valence-corrected chi connectivity index (χ3v) is 30.6. The van der Waals surface area contributed by atoms with Crippen molar-refractivity contribution in [1.29, 1.82) is 0 Å². The highest BCUT2D eigenvalue weighted by molar-refractivity contribution is 6.15. The molecule has 21 heteroatoms. The lowest BCUT2D eigenvalue weighted by Crippen LogP contribution is -2.42. The molecule has 0 amide bonds. The summed E-state index contributed by atoms with van der Waals surface area (Å²) < 4.78 is 31.7. The fourth-order valence-electron chi connectivity index (χ4n) is 23.3. The lowest BCUT2D eigenvalue weighted by atomic mass is 9.91. The van der Waals surface area contributed by atoms with Crippen LogP contribution >= 0.6 is 0 Å². The van der Waals surface area contributed by atoms with E-state index in [0.29, 0.717) is 46.4 Å². The molecule has 5 aliphatic heterocycles. The largest absolute Gasteiger partial charge is 0.435 e. The molecule has 11 aromatic heterocycles. The maximum atomic E-state index is 6.51. The Balaban J connectivity index is 0.000000103. The maximum absolute atomic E-state index is 6.51. The first-order valence-electron chi connectivity index (χ1n) is 52.0. The number of furan rings is 5. The topological polar surface area (TPSA) is 175 Å². The van der Waals surface area contributed by atoms with Crippen molar-refractivity contribution < 1.29 is 22.1 Å². The van der Waals surface area contributed by atoms with Crippen molar-refractivity contribution in [1.82, 2.24) is 29.9 Å². The second-order valence-corrected chi connectivity index (χ2v) is 41.3. The van der Waals surface area contributed by atoms with Crippen molar-refractivity contribution >= 4 is 201 Å². The number of nitrogens with zero attached hydrogens (tertiary/aromatic N) is 16. The molecule has 0 N–H and O–H groups in total. The van der Waals surface area contributed by atoms with Gasteiger partial charge in [-0.3, -0.25) is 0 Å². The average molecular weight is 1970 g/mol. The molecule has 0 saturated carbocycles. The van der Waals surface area contributed by atoms with E-state index in [1.165, 1.54) is 84.6 Å².